The zero-order chi connectivity index (χ0) is 6.62. The van der Waals surface area contributed by atoms with Crippen LogP contribution in [0.4, 0.5) is 0 Å². The van der Waals surface area contributed by atoms with Crippen LogP contribution in [0.2, 0.25) is 0 Å². The number of halogens is 2. The third kappa shape index (κ3) is 6.42. The predicted molar refractivity (Wildman–Crippen MR) is 38.2 cm³/mol. The van der Waals surface area contributed by atoms with E-state index in [4.69, 9.17) is 11.6 Å². The van der Waals surface area contributed by atoms with Crippen LogP contribution in [0.1, 0.15) is 6.92 Å². The Morgan fingerprint density at radius 3 is 1.89 bits per heavy atom. The van der Waals surface area contributed by atoms with Crippen LogP contribution < -0.4 is 12.4 Å². The highest BCUT2D eigenvalue weighted by molar-refractivity contribution is 6.17. The van der Waals surface area contributed by atoms with Gasteiger partial charge in [-0.25, -0.2) is 0 Å². The van der Waals surface area contributed by atoms with Crippen molar-refractivity contribution in [2.75, 3.05) is 33.1 Å². The first-order valence-electron chi connectivity index (χ1n) is 3.00. The standard InChI is InChI=1S/C6H15ClN.ClH/c1-4-8(2,3)6-5-7;/h4-6H2,1-3H3;1H/q+1;/p-1. The van der Waals surface area contributed by atoms with E-state index in [1.807, 2.05) is 0 Å². The molecule has 0 aliphatic heterocycles. The third-order valence-electron chi connectivity index (χ3n) is 1.55. The molecule has 0 saturated carbocycles. The lowest BCUT2D eigenvalue weighted by molar-refractivity contribution is -0.886. The summed E-state index contributed by atoms with van der Waals surface area (Å²) in [5, 5.41) is 0. The van der Waals surface area contributed by atoms with Crippen molar-refractivity contribution in [2.45, 2.75) is 6.92 Å². The monoisotopic (exact) mass is 171 g/mol. The van der Waals surface area contributed by atoms with E-state index in [-0.39, 0.29) is 12.4 Å². The van der Waals surface area contributed by atoms with E-state index in [9.17, 15) is 0 Å². The molecule has 0 aromatic carbocycles. The molecule has 0 radical (unpaired) electrons. The maximum atomic E-state index is 5.55. The van der Waals surface area contributed by atoms with Crippen LogP contribution in [0.5, 0.6) is 0 Å². The summed E-state index contributed by atoms with van der Waals surface area (Å²) in [6, 6.07) is 0. The predicted octanol–water partition coefficient (Wildman–Crippen LogP) is -1.67. The molecule has 1 nitrogen and oxygen atoms in total. The molecule has 0 bridgehead atoms. The van der Waals surface area contributed by atoms with Gasteiger partial charge in [-0.2, -0.15) is 0 Å². The van der Waals surface area contributed by atoms with Gasteiger partial charge in [-0.3, -0.25) is 0 Å². The molecule has 0 aliphatic rings. The summed E-state index contributed by atoms with van der Waals surface area (Å²) in [4.78, 5) is 0. The van der Waals surface area contributed by atoms with E-state index < -0.39 is 0 Å². The number of rotatable bonds is 3. The molecule has 3 heteroatoms. The Hall–Kier alpha value is 0.540. The molecular weight excluding hydrogens is 157 g/mol. The lowest BCUT2D eigenvalue weighted by Crippen LogP contribution is -3.00. The first-order valence-corrected chi connectivity index (χ1v) is 3.54. The third-order valence-corrected chi connectivity index (χ3v) is 1.71. The Labute approximate surface area is 69.0 Å². The Bertz CT molecular complexity index is 64.1. The van der Waals surface area contributed by atoms with Crippen molar-refractivity contribution in [3.05, 3.63) is 0 Å². The van der Waals surface area contributed by atoms with E-state index in [2.05, 4.69) is 21.0 Å². The average Bonchev–Trinajstić information content (AvgIpc) is 1.67. The lowest BCUT2D eigenvalue weighted by Gasteiger charge is -2.26. The number of hydrogen-bond donors (Lipinski definition) is 0. The van der Waals surface area contributed by atoms with Gasteiger partial charge < -0.3 is 16.9 Å². The van der Waals surface area contributed by atoms with Crippen LogP contribution in [0.15, 0.2) is 0 Å². The average molecular weight is 172 g/mol. The highest BCUT2D eigenvalue weighted by Crippen LogP contribution is 1.94. The van der Waals surface area contributed by atoms with Gasteiger partial charge in [-0.05, 0) is 6.92 Å². The van der Waals surface area contributed by atoms with E-state index in [1.54, 1.807) is 0 Å². The molecule has 0 saturated heterocycles. The number of alkyl halides is 1. The minimum atomic E-state index is 0. The maximum absolute atomic E-state index is 5.55. The van der Waals surface area contributed by atoms with Gasteiger partial charge in [0.2, 0.25) is 0 Å². The quantitative estimate of drug-likeness (QED) is 0.352. The number of nitrogens with zero attached hydrogens (tertiary/aromatic N) is 1. The van der Waals surface area contributed by atoms with Gasteiger partial charge in [0.25, 0.3) is 0 Å². The molecule has 0 aromatic heterocycles. The zero-order valence-electron chi connectivity index (χ0n) is 6.32. The van der Waals surface area contributed by atoms with Crippen LogP contribution >= 0.6 is 11.6 Å². The molecule has 0 spiro atoms. The van der Waals surface area contributed by atoms with Gasteiger partial charge in [0, 0.05) is 0 Å². The van der Waals surface area contributed by atoms with Gasteiger partial charge >= 0.3 is 0 Å². The summed E-state index contributed by atoms with van der Waals surface area (Å²) in [6.07, 6.45) is 0. The Balaban J connectivity index is 0. The molecule has 0 amide bonds. The van der Waals surface area contributed by atoms with Crippen LogP contribution in [0, 0.1) is 0 Å². The lowest BCUT2D eigenvalue weighted by atomic mass is 10.5. The van der Waals surface area contributed by atoms with Crippen molar-refractivity contribution in [3.8, 4) is 0 Å². The molecule has 0 N–H and O–H groups in total. The minimum absolute atomic E-state index is 0. The smallest absolute Gasteiger partial charge is 0.0920 e. The van der Waals surface area contributed by atoms with Gasteiger partial charge in [-0.1, -0.05) is 0 Å². The number of hydrogen-bond acceptors (Lipinski definition) is 0. The van der Waals surface area contributed by atoms with Gasteiger partial charge in [-0.15, -0.1) is 11.6 Å². The zero-order valence-corrected chi connectivity index (χ0v) is 7.84. The van der Waals surface area contributed by atoms with Gasteiger partial charge in [0.15, 0.2) is 0 Å². The first kappa shape index (κ1) is 12.2. The fraction of sp³-hybridized carbons (Fsp3) is 1.00. The Kier molecular flexibility index (Phi) is 7.25. The molecule has 0 heterocycles. The largest absolute Gasteiger partial charge is 1.00 e. The molecular formula is C6H15Cl2N. The molecule has 0 rings (SSSR count). The van der Waals surface area contributed by atoms with Crippen molar-refractivity contribution in [1.82, 2.24) is 0 Å². The second-order valence-electron chi connectivity index (χ2n) is 2.66. The normalized spacial score (nSPS) is 10.7. The van der Waals surface area contributed by atoms with E-state index in [0.29, 0.717) is 0 Å². The fourth-order valence-electron chi connectivity index (χ4n) is 0.387. The first-order chi connectivity index (χ1) is 3.62. The molecule has 0 atom stereocenters. The van der Waals surface area contributed by atoms with Crippen molar-refractivity contribution in [1.29, 1.82) is 0 Å². The second-order valence-corrected chi connectivity index (χ2v) is 3.04. The van der Waals surface area contributed by atoms with Crippen molar-refractivity contribution in [2.24, 2.45) is 0 Å². The Morgan fingerprint density at radius 2 is 1.78 bits per heavy atom. The van der Waals surface area contributed by atoms with Crippen LogP contribution in [0.25, 0.3) is 0 Å². The van der Waals surface area contributed by atoms with Gasteiger partial charge in [0.05, 0.1) is 33.1 Å². The Morgan fingerprint density at radius 1 is 1.33 bits per heavy atom. The SMILES string of the molecule is CC[N+](C)(C)CCCl.[Cl-]. The summed E-state index contributed by atoms with van der Waals surface area (Å²) >= 11 is 5.55. The molecule has 9 heavy (non-hydrogen) atoms. The summed E-state index contributed by atoms with van der Waals surface area (Å²) < 4.78 is 1.03. The fourth-order valence-corrected chi connectivity index (χ4v) is 0.844. The maximum Gasteiger partial charge on any atom is 0.0920 e. The second kappa shape index (κ2) is 5.33. The number of quaternary nitrogens is 1. The molecule has 0 aromatic rings. The highest BCUT2D eigenvalue weighted by Gasteiger charge is 2.08. The van der Waals surface area contributed by atoms with E-state index in [0.717, 1.165) is 23.5 Å². The molecule has 58 valence electrons. The highest BCUT2D eigenvalue weighted by atomic mass is 35.5. The molecule has 0 fully saturated rings. The van der Waals surface area contributed by atoms with Crippen LogP contribution in [-0.2, 0) is 0 Å². The minimum Gasteiger partial charge on any atom is -1.00 e. The summed E-state index contributed by atoms with van der Waals surface area (Å²) in [5.41, 5.74) is 0. The topological polar surface area (TPSA) is 0 Å². The van der Waals surface area contributed by atoms with Crippen molar-refractivity contribution in [3.63, 3.8) is 0 Å². The van der Waals surface area contributed by atoms with Crippen LogP contribution in [0.3, 0.4) is 0 Å². The summed E-state index contributed by atoms with van der Waals surface area (Å²) in [6.45, 7) is 4.40. The van der Waals surface area contributed by atoms with Crippen molar-refractivity contribution >= 4 is 11.6 Å². The van der Waals surface area contributed by atoms with Crippen LogP contribution in [-0.4, -0.2) is 37.5 Å². The molecule has 0 aliphatic carbocycles. The summed E-state index contributed by atoms with van der Waals surface area (Å²) in [5.74, 6) is 0.765. The van der Waals surface area contributed by atoms with E-state index in [1.165, 1.54) is 0 Å². The molecule has 0 unspecified atom stereocenters. The summed E-state index contributed by atoms with van der Waals surface area (Å²) in [7, 11) is 4.37. The van der Waals surface area contributed by atoms with Crippen molar-refractivity contribution < 1.29 is 16.9 Å². The van der Waals surface area contributed by atoms with E-state index >= 15 is 0 Å². The van der Waals surface area contributed by atoms with Gasteiger partial charge in [0.1, 0.15) is 0 Å².